The molecule has 9 heteroatoms. The van der Waals surface area contributed by atoms with E-state index in [1.807, 2.05) is 18.2 Å². The molecule has 5 nitrogen and oxygen atoms in total. The van der Waals surface area contributed by atoms with Gasteiger partial charge in [-0.05, 0) is 30.3 Å². The normalized spacial score (nSPS) is 11.0. The molecule has 4 rings (SSSR count). The summed E-state index contributed by atoms with van der Waals surface area (Å²) < 4.78 is 2.13. The maximum Gasteiger partial charge on any atom is 0.243 e. The molecule has 130 valence electrons. The molecule has 0 amide bonds. The first-order chi connectivity index (χ1) is 12.6. The van der Waals surface area contributed by atoms with Crippen LogP contribution in [0, 0.1) is 0 Å². The first-order valence-electron chi connectivity index (χ1n) is 7.53. The van der Waals surface area contributed by atoms with Crippen molar-refractivity contribution in [3.63, 3.8) is 0 Å². The zero-order valence-corrected chi connectivity index (χ0v) is 17.0. The van der Waals surface area contributed by atoms with E-state index in [1.54, 1.807) is 29.5 Å². The van der Waals surface area contributed by atoms with Gasteiger partial charge in [0.1, 0.15) is 5.01 Å². The van der Waals surface area contributed by atoms with E-state index in [0.717, 1.165) is 19.7 Å². The van der Waals surface area contributed by atoms with Gasteiger partial charge in [-0.1, -0.05) is 45.2 Å². The van der Waals surface area contributed by atoms with Crippen LogP contribution in [0.4, 0.5) is 5.95 Å². The molecule has 0 atom stereocenters. The number of benzene rings is 2. The second-order valence-corrected chi connectivity index (χ2v) is 8.18. The maximum absolute atomic E-state index is 6.24. The molecule has 0 fully saturated rings. The van der Waals surface area contributed by atoms with Crippen LogP contribution in [0.25, 0.3) is 21.5 Å². The van der Waals surface area contributed by atoms with Gasteiger partial charge >= 0.3 is 0 Å². The molecule has 0 saturated heterocycles. The number of nitrogens with zero attached hydrogens (tertiary/aromatic N) is 4. The van der Waals surface area contributed by atoms with Crippen molar-refractivity contribution >= 4 is 66.6 Å². The monoisotopic (exact) mass is 465 g/mol. The fourth-order valence-corrected chi connectivity index (χ4v) is 4.25. The number of anilines is 1. The summed E-state index contributed by atoms with van der Waals surface area (Å²) in [6.07, 6.45) is 1.54. The van der Waals surface area contributed by atoms with Gasteiger partial charge in [-0.3, -0.25) is 0 Å². The van der Waals surface area contributed by atoms with Gasteiger partial charge in [-0.25, -0.2) is 9.97 Å². The Morgan fingerprint density at radius 1 is 1.08 bits per heavy atom. The second kappa shape index (κ2) is 7.44. The van der Waals surface area contributed by atoms with Crippen LogP contribution in [0.5, 0.6) is 0 Å². The quantitative estimate of drug-likeness (QED) is 0.409. The highest BCUT2D eigenvalue weighted by atomic mass is 79.9. The van der Waals surface area contributed by atoms with Gasteiger partial charge in [0.05, 0.1) is 38.7 Å². The summed E-state index contributed by atoms with van der Waals surface area (Å²) in [5.74, 6) is 0.388. The zero-order valence-electron chi connectivity index (χ0n) is 13.1. The van der Waals surface area contributed by atoms with Crippen molar-refractivity contribution in [2.45, 2.75) is 6.54 Å². The lowest BCUT2D eigenvalue weighted by molar-refractivity contribution is 0.946. The van der Waals surface area contributed by atoms with Crippen molar-refractivity contribution in [3.05, 3.63) is 62.1 Å². The van der Waals surface area contributed by atoms with E-state index in [4.69, 9.17) is 23.2 Å². The summed E-state index contributed by atoms with van der Waals surface area (Å²) in [7, 11) is 0. The van der Waals surface area contributed by atoms with E-state index >= 15 is 0 Å². The minimum absolute atomic E-state index is 0.388. The average molecular weight is 467 g/mol. The number of hydrogen-bond acceptors (Lipinski definition) is 6. The molecule has 4 aromatic rings. The summed E-state index contributed by atoms with van der Waals surface area (Å²) in [4.78, 5) is 9.07. The molecular formula is C17H10BrCl2N5S. The Morgan fingerprint density at radius 2 is 1.88 bits per heavy atom. The third-order valence-corrected chi connectivity index (χ3v) is 5.73. The SMILES string of the molecule is Clc1cccc(Cl)c1-c1cnnc(NCc2nc3cc(Br)ccc3s2)n1. The Hall–Kier alpha value is -1.80. The minimum Gasteiger partial charge on any atom is -0.346 e. The van der Waals surface area contributed by atoms with Crippen LogP contribution in [0.3, 0.4) is 0 Å². The lowest BCUT2D eigenvalue weighted by Gasteiger charge is -2.07. The van der Waals surface area contributed by atoms with Crippen LogP contribution in [-0.4, -0.2) is 20.2 Å². The molecule has 0 spiro atoms. The molecule has 0 aliphatic heterocycles. The van der Waals surface area contributed by atoms with Crippen molar-refractivity contribution in [1.82, 2.24) is 20.2 Å². The summed E-state index contributed by atoms with van der Waals surface area (Å²) in [5.41, 5.74) is 2.15. The Labute approximate surface area is 171 Å². The average Bonchev–Trinajstić information content (AvgIpc) is 3.02. The minimum atomic E-state index is 0.388. The summed E-state index contributed by atoms with van der Waals surface area (Å²) >= 11 is 17.6. The van der Waals surface area contributed by atoms with Gasteiger partial charge in [0, 0.05) is 10.0 Å². The molecule has 0 radical (unpaired) electrons. The Kier molecular flexibility index (Phi) is 5.04. The highest BCUT2D eigenvalue weighted by molar-refractivity contribution is 9.10. The highest BCUT2D eigenvalue weighted by Crippen LogP contribution is 2.33. The standard InChI is InChI=1S/C17H10BrCl2N5S/c18-9-4-5-14-12(6-9)23-15(26-14)8-21-17-24-13(7-22-25-17)16-10(19)2-1-3-11(16)20/h1-7H,8H2,(H,21,24,25). The van der Waals surface area contributed by atoms with Crippen LogP contribution in [-0.2, 0) is 6.54 Å². The molecule has 1 N–H and O–H groups in total. The number of aromatic nitrogens is 4. The van der Waals surface area contributed by atoms with E-state index in [0.29, 0.717) is 33.8 Å². The van der Waals surface area contributed by atoms with E-state index in [9.17, 15) is 0 Å². The molecule has 0 saturated carbocycles. The number of nitrogens with one attached hydrogen (secondary N) is 1. The van der Waals surface area contributed by atoms with Gasteiger partial charge in [0.15, 0.2) is 0 Å². The van der Waals surface area contributed by atoms with Gasteiger partial charge in [-0.2, -0.15) is 5.10 Å². The molecule has 26 heavy (non-hydrogen) atoms. The number of rotatable bonds is 4. The molecule has 0 aliphatic rings. The van der Waals surface area contributed by atoms with Crippen LogP contribution in [0.2, 0.25) is 10.0 Å². The van der Waals surface area contributed by atoms with Gasteiger partial charge in [0.2, 0.25) is 5.95 Å². The lowest BCUT2D eigenvalue weighted by atomic mass is 10.1. The van der Waals surface area contributed by atoms with Crippen LogP contribution in [0.1, 0.15) is 5.01 Å². The lowest BCUT2D eigenvalue weighted by Crippen LogP contribution is -2.05. The zero-order chi connectivity index (χ0) is 18.1. The number of hydrogen-bond donors (Lipinski definition) is 1. The van der Waals surface area contributed by atoms with E-state index in [-0.39, 0.29) is 0 Å². The number of fused-ring (bicyclic) bond motifs is 1. The third-order valence-electron chi connectivity index (χ3n) is 3.57. The van der Waals surface area contributed by atoms with Crippen LogP contribution < -0.4 is 5.32 Å². The predicted octanol–water partition coefficient (Wildman–Crippen LogP) is 5.83. The molecule has 0 aliphatic carbocycles. The summed E-state index contributed by atoms with van der Waals surface area (Å²) in [5, 5.41) is 13.1. The highest BCUT2D eigenvalue weighted by Gasteiger charge is 2.12. The van der Waals surface area contributed by atoms with Crippen LogP contribution in [0.15, 0.2) is 47.1 Å². The van der Waals surface area contributed by atoms with E-state index < -0.39 is 0 Å². The largest absolute Gasteiger partial charge is 0.346 e. The molecule has 2 aromatic heterocycles. The fourth-order valence-electron chi connectivity index (χ4n) is 2.42. The maximum atomic E-state index is 6.24. The third kappa shape index (κ3) is 3.66. The van der Waals surface area contributed by atoms with Gasteiger partial charge in [-0.15, -0.1) is 16.4 Å². The van der Waals surface area contributed by atoms with Crippen molar-refractivity contribution in [2.75, 3.05) is 5.32 Å². The fraction of sp³-hybridized carbons (Fsp3) is 0.0588. The molecular weight excluding hydrogens is 457 g/mol. The van der Waals surface area contributed by atoms with Crippen molar-refractivity contribution in [1.29, 1.82) is 0 Å². The van der Waals surface area contributed by atoms with Crippen molar-refractivity contribution in [2.24, 2.45) is 0 Å². The predicted molar refractivity (Wildman–Crippen MR) is 110 cm³/mol. The second-order valence-electron chi connectivity index (χ2n) is 5.34. The van der Waals surface area contributed by atoms with Gasteiger partial charge < -0.3 is 5.32 Å². The van der Waals surface area contributed by atoms with Crippen LogP contribution >= 0.6 is 50.5 Å². The number of halogens is 3. The summed E-state index contributed by atoms with van der Waals surface area (Å²) in [6.45, 7) is 0.498. The van der Waals surface area contributed by atoms with Crippen molar-refractivity contribution in [3.8, 4) is 11.3 Å². The Morgan fingerprint density at radius 3 is 2.69 bits per heavy atom. The van der Waals surface area contributed by atoms with Gasteiger partial charge in [0.25, 0.3) is 0 Å². The first-order valence-corrected chi connectivity index (χ1v) is 9.89. The smallest absolute Gasteiger partial charge is 0.243 e. The van der Waals surface area contributed by atoms with E-state index in [1.165, 1.54) is 6.20 Å². The topological polar surface area (TPSA) is 63.6 Å². The Bertz CT molecular complexity index is 1080. The van der Waals surface area contributed by atoms with Crippen molar-refractivity contribution < 1.29 is 0 Å². The molecule has 0 unspecified atom stereocenters. The molecule has 0 bridgehead atoms. The molecule has 2 aromatic carbocycles. The first kappa shape index (κ1) is 17.6. The van der Waals surface area contributed by atoms with E-state index in [2.05, 4.69) is 41.4 Å². The summed E-state index contributed by atoms with van der Waals surface area (Å²) in [6, 6.07) is 11.3. The molecule has 2 heterocycles. The Balaban J connectivity index is 1.57. The number of thiazole rings is 1.